The number of phenols is 1. The minimum atomic E-state index is -0.381. The van der Waals surface area contributed by atoms with Gasteiger partial charge in [0, 0.05) is 5.56 Å². The van der Waals surface area contributed by atoms with Gasteiger partial charge in [0.05, 0.1) is 11.6 Å². The van der Waals surface area contributed by atoms with Gasteiger partial charge in [-0.25, -0.2) is 4.98 Å². The number of aromatic hydroxyl groups is 1. The number of hydrogen-bond acceptors (Lipinski definition) is 4. The maximum Gasteiger partial charge on any atom is 0.256 e. The van der Waals surface area contributed by atoms with Crippen molar-refractivity contribution >= 4 is 23.3 Å². The van der Waals surface area contributed by atoms with Crippen molar-refractivity contribution in [3.05, 3.63) is 52.7 Å². The Morgan fingerprint density at radius 1 is 1.38 bits per heavy atom. The molecule has 4 N–H and O–H groups in total. The highest BCUT2D eigenvalue weighted by molar-refractivity contribution is 6.32. The number of amides is 1. The summed E-state index contributed by atoms with van der Waals surface area (Å²) in [7, 11) is 0. The zero-order chi connectivity index (χ0) is 15.2. The number of nitrogens with zero attached hydrogens (tertiary/aromatic N) is 1. The molecule has 0 saturated heterocycles. The molecule has 2 aromatic rings. The second kappa shape index (κ2) is 6.75. The summed E-state index contributed by atoms with van der Waals surface area (Å²) in [5.74, 6) is 5.38. The molecule has 0 radical (unpaired) electrons. The molecule has 0 aliphatic rings. The number of nitrogens with two attached hydrogens (primary N) is 1. The van der Waals surface area contributed by atoms with E-state index in [2.05, 4.69) is 22.1 Å². The fourth-order valence-electron chi connectivity index (χ4n) is 1.55. The van der Waals surface area contributed by atoms with Gasteiger partial charge in [-0.1, -0.05) is 23.6 Å². The molecule has 21 heavy (non-hydrogen) atoms. The number of phenolic OH excluding ortho intramolecular Hbond substituents is 1. The van der Waals surface area contributed by atoms with E-state index < -0.39 is 0 Å². The fraction of sp³-hybridized carbons (Fsp3) is 0.0667. The molecule has 5 nitrogen and oxygen atoms in total. The van der Waals surface area contributed by atoms with Gasteiger partial charge < -0.3 is 16.2 Å². The highest BCUT2D eigenvalue weighted by Crippen LogP contribution is 2.23. The minimum Gasteiger partial charge on any atom is -0.506 e. The number of halogens is 1. The van der Waals surface area contributed by atoms with Crippen molar-refractivity contribution in [3.8, 4) is 17.6 Å². The van der Waals surface area contributed by atoms with Crippen LogP contribution in [0.15, 0.2) is 36.4 Å². The lowest BCUT2D eigenvalue weighted by atomic mass is 10.2. The molecule has 6 heteroatoms. The summed E-state index contributed by atoms with van der Waals surface area (Å²) in [5.41, 5.74) is 6.13. The Kier molecular flexibility index (Phi) is 4.77. The monoisotopic (exact) mass is 301 g/mol. The van der Waals surface area contributed by atoms with E-state index in [0.717, 1.165) is 0 Å². The van der Waals surface area contributed by atoms with Crippen molar-refractivity contribution in [1.82, 2.24) is 4.98 Å². The maximum absolute atomic E-state index is 12.1. The molecule has 0 aliphatic carbocycles. The van der Waals surface area contributed by atoms with Gasteiger partial charge in [-0.15, -0.1) is 0 Å². The number of carbonyl (C=O) groups is 1. The van der Waals surface area contributed by atoms with Crippen molar-refractivity contribution < 1.29 is 9.90 Å². The van der Waals surface area contributed by atoms with Gasteiger partial charge in [0.2, 0.25) is 0 Å². The van der Waals surface area contributed by atoms with Crippen molar-refractivity contribution in [3.63, 3.8) is 0 Å². The Balaban J connectivity index is 2.17. The Morgan fingerprint density at radius 3 is 2.90 bits per heavy atom. The second-order valence-corrected chi connectivity index (χ2v) is 4.44. The van der Waals surface area contributed by atoms with E-state index in [-0.39, 0.29) is 23.2 Å². The third-order valence-corrected chi connectivity index (χ3v) is 2.82. The molecule has 0 spiro atoms. The van der Waals surface area contributed by atoms with E-state index in [9.17, 15) is 9.90 Å². The molecule has 0 bridgehead atoms. The first-order valence-corrected chi connectivity index (χ1v) is 6.44. The number of anilines is 1. The van der Waals surface area contributed by atoms with Crippen LogP contribution in [0.25, 0.3) is 0 Å². The van der Waals surface area contributed by atoms with Gasteiger partial charge in [0.15, 0.2) is 0 Å². The average Bonchev–Trinajstić information content (AvgIpc) is 2.48. The molecule has 106 valence electrons. The van der Waals surface area contributed by atoms with Gasteiger partial charge in [-0.3, -0.25) is 4.79 Å². The number of benzene rings is 1. The minimum absolute atomic E-state index is 0.0783. The summed E-state index contributed by atoms with van der Waals surface area (Å²) in [4.78, 5) is 16.2. The normalized spacial score (nSPS) is 9.62. The summed E-state index contributed by atoms with van der Waals surface area (Å²) < 4.78 is 0. The first-order chi connectivity index (χ1) is 10.1. The lowest BCUT2D eigenvalue weighted by Crippen LogP contribution is -2.13. The Labute approximate surface area is 126 Å². The summed E-state index contributed by atoms with van der Waals surface area (Å²) in [6, 6.07) is 9.29. The van der Waals surface area contributed by atoms with E-state index in [1.165, 1.54) is 18.2 Å². The maximum atomic E-state index is 12.1. The predicted molar refractivity (Wildman–Crippen MR) is 81.2 cm³/mol. The predicted octanol–water partition coefficient (Wildman–Crippen LogP) is 2.00. The Morgan fingerprint density at radius 2 is 2.19 bits per heavy atom. The van der Waals surface area contributed by atoms with Crippen molar-refractivity contribution in [2.45, 2.75) is 0 Å². The van der Waals surface area contributed by atoms with Crippen LogP contribution < -0.4 is 11.1 Å². The summed E-state index contributed by atoms with van der Waals surface area (Å²) in [5, 5.41) is 12.1. The molecule has 2 rings (SSSR count). The zero-order valence-corrected chi connectivity index (χ0v) is 11.7. The molecule has 0 saturated carbocycles. The van der Waals surface area contributed by atoms with E-state index in [0.29, 0.717) is 17.1 Å². The second-order valence-electron chi connectivity index (χ2n) is 4.03. The Hall–Kier alpha value is -2.55. The van der Waals surface area contributed by atoms with Crippen LogP contribution in [0.3, 0.4) is 0 Å². The van der Waals surface area contributed by atoms with Gasteiger partial charge >= 0.3 is 0 Å². The highest BCUT2D eigenvalue weighted by atomic mass is 35.5. The SMILES string of the molecule is NCC#Cc1cccc(NC(=O)c2ccc(O)c(Cl)c2)n1. The zero-order valence-electron chi connectivity index (χ0n) is 10.9. The fourth-order valence-corrected chi connectivity index (χ4v) is 1.73. The molecule has 0 unspecified atom stereocenters. The number of nitrogens with one attached hydrogen (secondary N) is 1. The third-order valence-electron chi connectivity index (χ3n) is 2.52. The number of pyridine rings is 1. The standard InChI is InChI=1S/C15H12ClN3O2/c16-12-9-10(6-7-13(12)20)15(21)19-14-5-1-3-11(18-14)4-2-8-17/h1,3,5-7,9,20H,8,17H2,(H,18,19,21). The smallest absolute Gasteiger partial charge is 0.256 e. The average molecular weight is 302 g/mol. The number of hydrogen-bond donors (Lipinski definition) is 3. The lowest BCUT2D eigenvalue weighted by molar-refractivity contribution is 0.102. The lowest BCUT2D eigenvalue weighted by Gasteiger charge is -2.05. The van der Waals surface area contributed by atoms with Crippen LogP contribution in [0.4, 0.5) is 5.82 Å². The summed E-state index contributed by atoms with van der Waals surface area (Å²) >= 11 is 5.77. The van der Waals surface area contributed by atoms with Crippen LogP contribution in [0.1, 0.15) is 16.1 Å². The Bertz CT molecular complexity index is 735. The van der Waals surface area contributed by atoms with Gasteiger partial charge in [-0.05, 0) is 36.3 Å². The topological polar surface area (TPSA) is 88.2 Å². The quantitative estimate of drug-likeness (QED) is 0.740. The van der Waals surface area contributed by atoms with Crippen molar-refractivity contribution in [2.24, 2.45) is 5.73 Å². The summed E-state index contributed by atoms with van der Waals surface area (Å²) in [6.07, 6.45) is 0. The molecule has 1 amide bonds. The molecule has 1 aromatic heterocycles. The summed E-state index contributed by atoms with van der Waals surface area (Å²) in [6.45, 7) is 0.240. The third kappa shape index (κ3) is 3.96. The van der Waals surface area contributed by atoms with E-state index >= 15 is 0 Å². The van der Waals surface area contributed by atoms with Crippen molar-refractivity contribution in [2.75, 3.05) is 11.9 Å². The van der Waals surface area contributed by atoms with Crippen LogP contribution >= 0.6 is 11.6 Å². The molecular formula is C15H12ClN3O2. The molecule has 1 heterocycles. The van der Waals surface area contributed by atoms with Crippen LogP contribution in [0.2, 0.25) is 5.02 Å². The van der Waals surface area contributed by atoms with E-state index in [1.807, 2.05) is 0 Å². The highest BCUT2D eigenvalue weighted by Gasteiger charge is 2.09. The van der Waals surface area contributed by atoms with Crippen LogP contribution in [-0.4, -0.2) is 22.5 Å². The molecule has 0 fully saturated rings. The van der Waals surface area contributed by atoms with Crippen LogP contribution in [-0.2, 0) is 0 Å². The van der Waals surface area contributed by atoms with E-state index in [4.69, 9.17) is 17.3 Å². The van der Waals surface area contributed by atoms with Gasteiger partial charge in [0.25, 0.3) is 5.91 Å². The first-order valence-electron chi connectivity index (χ1n) is 6.06. The van der Waals surface area contributed by atoms with Crippen LogP contribution in [0, 0.1) is 11.8 Å². The molecule has 0 aliphatic heterocycles. The number of aromatic nitrogens is 1. The van der Waals surface area contributed by atoms with Crippen molar-refractivity contribution in [1.29, 1.82) is 0 Å². The van der Waals surface area contributed by atoms with Crippen LogP contribution in [0.5, 0.6) is 5.75 Å². The number of rotatable bonds is 2. The number of carbonyl (C=O) groups excluding carboxylic acids is 1. The van der Waals surface area contributed by atoms with E-state index in [1.54, 1.807) is 18.2 Å². The molecular weight excluding hydrogens is 290 g/mol. The largest absolute Gasteiger partial charge is 0.506 e. The molecule has 0 atom stereocenters. The van der Waals surface area contributed by atoms with Gasteiger partial charge in [-0.2, -0.15) is 0 Å². The first kappa shape index (κ1) is 14.9. The van der Waals surface area contributed by atoms with Gasteiger partial charge in [0.1, 0.15) is 17.3 Å². The molecule has 1 aromatic carbocycles.